The topological polar surface area (TPSA) is 79.5 Å². The number of nitrogens with one attached hydrogen (secondary N) is 1. The van der Waals surface area contributed by atoms with Gasteiger partial charge in [-0.3, -0.25) is 4.79 Å². The van der Waals surface area contributed by atoms with Crippen molar-refractivity contribution in [3.05, 3.63) is 108 Å². The molecule has 4 aromatic rings. The molecule has 1 heterocycles. The Labute approximate surface area is 183 Å². The molecule has 0 aliphatic heterocycles. The first-order chi connectivity index (χ1) is 15.5. The van der Waals surface area contributed by atoms with Gasteiger partial charge in [0.1, 0.15) is 11.6 Å². The Balaban J connectivity index is 1.50. The molecule has 5 nitrogen and oxygen atoms in total. The number of aliphatic carboxylic acids is 1. The predicted octanol–water partition coefficient (Wildman–Crippen LogP) is 6.10. The van der Waals surface area contributed by atoms with E-state index in [0.717, 1.165) is 11.6 Å². The largest absolute Gasteiger partial charge is 0.478 e. The van der Waals surface area contributed by atoms with E-state index in [2.05, 4.69) is 5.32 Å². The van der Waals surface area contributed by atoms with Gasteiger partial charge in [0.25, 0.3) is 5.91 Å². The van der Waals surface area contributed by atoms with E-state index < -0.39 is 11.9 Å². The van der Waals surface area contributed by atoms with Gasteiger partial charge in [-0.15, -0.1) is 0 Å². The third-order valence-electron chi connectivity index (χ3n) is 4.73. The molecule has 4 rings (SSSR count). The Morgan fingerprint density at radius 2 is 1.69 bits per heavy atom. The van der Waals surface area contributed by atoms with Crippen molar-refractivity contribution in [3.63, 3.8) is 0 Å². The van der Waals surface area contributed by atoms with Crippen LogP contribution in [0.2, 0.25) is 0 Å². The number of hydrogen-bond donors (Lipinski definition) is 2. The number of furan rings is 1. The lowest BCUT2D eigenvalue weighted by Gasteiger charge is -2.06. The third kappa shape index (κ3) is 4.82. The number of carboxylic acids is 1. The summed E-state index contributed by atoms with van der Waals surface area (Å²) in [4.78, 5) is 23.2. The standard InChI is InChI=1S/C26H18FNO4/c27-22-16-19(10-11-21(22)18-6-2-1-3-7-18)23-12-13-24(32-23)26(31)28-20-8-4-5-17(15-20)9-14-25(29)30/h1-16H,(H,28,31)(H,29,30). The van der Waals surface area contributed by atoms with E-state index in [1.165, 1.54) is 18.2 Å². The van der Waals surface area contributed by atoms with Crippen LogP contribution in [0.15, 0.2) is 95.4 Å². The fourth-order valence-electron chi connectivity index (χ4n) is 3.22. The second kappa shape index (κ2) is 9.14. The van der Waals surface area contributed by atoms with Gasteiger partial charge in [0.2, 0.25) is 0 Å². The highest BCUT2D eigenvalue weighted by Crippen LogP contribution is 2.29. The molecule has 0 saturated heterocycles. The lowest BCUT2D eigenvalue weighted by molar-refractivity contribution is -0.131. The Bertz CT molecular complexity index is 1310. The number of rotatable bonds is 6. The second-order valence-corrected chi connectivity index (χ2v) is 6.98. The second-order valence-electron chi connectivity index (χ2n) is 6.98. The number of hydrogen-bond acceptors (Lipinski definition) is 3. The van der Waals surface area contributed by atoms with E-state index in [0.29, 0.717) is 28.1 Å². The molecular weight excluding hydrogens is 409 g/mol. The molecular formula is C26H18FNO4. The van der Waals surface area contributed by atoms with E-state index in [1.807, 2.05) is 30.3 Å². The van der Waals surface area contributed by atoms with Gasteiger partial charge in [-0.25, -0.2) is 9.18 Å². The maximum absolute atomic E-state index is 14.7. The number of amides is 1. The lowest BCUT2D eigenvalue weighted by atomic mass is 10.0. The fraction of sp³-hybridized carbons (Fsp3) is 0. The monoisotopic (exact) mass is 427 g/mol. The number of carbonyl (C=O) groups excluding carboxylic acids is 1. The summed E-state index contributed by atoms with van der Waals surface area (Å²) in [7, 11) is 0. The zero-order chi connectivity index (χ0) is 22.5. The molecule has 0 fully saturated rings. The smallest absolute Gasteiger partial charge is 0.328 e. The highest BCUT2D eigenvalue weighted by molar-refractivity contribution is 6.02. The van der Waals surface area contributed by atoms with Crippen molar-refractivity contribution in [3.8, 4) is 22.5 Å². The molecule has 0 unspecified atom stereocenters. The summed E-state index contributed by atoms with van der Waals surface area (Å²) in [5.74, 6) is -1.49. The van der Waals surface area contributed by atoms with Crippen LogP contribution < -0.4 is 5.32 Å². The zero-order valence-electron chi connectivity index (χ0n) is 16.8. The molecule has 32 heavy (non-hydrogen) atoms. The van der Waals surface area contributed by atoms with Gasteiger partial charge in [-0.05, 0) is 47.5 Å². The first-order valence-electron chi connectivity index (χ1n) is 9.77. The molecule has 0 radical (unpaired) electrons. The van der Waals surface area contributed by atoms with E-state index in [1.54, 1.807) is 42.5 Å². The number of carboxylic acid groups (broad SMARTS) is 1. The zero-order valence-corrected chi connectivity index (χ0v) is 16.8. The minimum atomic E-state index is -1.06. The quantitative estimate of drug-likeness (QED) is 0.364. The minimum absolute atomic E-state index is 0.0685. The Hall–Kier alpha value is -4.45. The van der Waals surface area contributed by atoms with Crippen LogP contribution in [0.5, 0.6) is 0 Å². The third-order valence-corrected chi connectivity index (χ3v) is 4.73. The molecule has 0 bridgehead atoms. The van der Waals surface area contributed by atoms with Crippen molar-refractivity contribution in [2.75, 3.05) is 5.32 Å². The number of anilines is 1. The Morgan fingerprint density at radius 3 is 2.44 bits per heavy atom. The van der Waals surface area contributed by atoms with Crippen LogP contribution in [0.1, 0.15) is 16.1 Å². The molecule has 0 atom stereocenters. The maximum atomic E-state index is 14.7. The first kappa shape index (κ1) is 20.8. The predicted molar refractivity (Wildman–Crippen MR) is 121 cm³/mol. The molecule has 2 N–H and O–H groups in total. The van der Waals surface area contributed by atoms with E-state index >= 15 is 0 Å². The minimum Gasteiger partial charge on any atom is -0.478 e. The van der Waals surface area contributed by atoms with Crippen LogP contribution in [-0.2, 0) is 4.79 Å². The Morgan fingerprint density at radius 1 is 0.875 bits per heavy atom. The van der Waals surface area contributed by atoms with Gasteiger partial charge in [-0.2, -0.15) is 0 Å². The number of carbonyl (C=O) groups is 2. The highest BCUT2D eigenvalue weighted by atomic mass is 19.1. The molecule has 1 aromatic heterocycles. The van der Waals surface area contributed by atoms with Crippen molar-refractivity contribution in [1.29, 1.82) is 0 Å². The highest BCUT2D eigenvalue weighted by Gasteiger charge is 2.14. The van der Waals surface area contributed by atoms with Crippen LogP contribution in [0.25, 0.3) is 28.5 Å². The molecule has 0 spiro atoms. The van der Waals surface area contributed by atoms with E-state index in [4.69, 9.17) is 9.52 Å². The van der Waals surface area contributed by atoms with Crippen molar-refractivity contribution in [2.24, 2.45) is 0 Å². The van der Waals surface area contributed by atoms with Crippen LogP contribution in [0, 0.1) is 5.82 Å². The van der Waals surface area contributed by atoms with Gasteiger partial charge < -0.3 is 14.8 Å². The first-order valence-corrected chi connectivity index (χ1v) is 9.77. The van der Waals surface area contributed by atoms with Crippen molar-refractivity contribution < 1.29 is 23.5 Å². The van der Waals surface area contributed by atoms with Crippen LogP contribution in [-0.4, -0.2) is 17.0 Å². The van der Waals surface area contributed by atoms with Gasteiger partial charge in [-0.1, -0.05) is 54.6 Å². The average Bonchev–Trinajstić information content (AvgIpc) is 3.29. The molecule has 3 aromatic carbocycles. The van der Waals surface area contributed by atoms with E-state index in [9.17, 15) is 14.0 Å². The SMILES string of the molecule is O=C(O)C=Cc1cccc(NC(=O)c2ccc(-c3ccc(-c4ccccc4)c(F)c3)o2)c1. The molecule has 6 heteroatoms. The summed E-state index contributed by atoms with van der Waals surface area (Å²) in [5, 5.41) is 11.4. The molecule has 0 aliphatic rings. The summed E-state index contributed by atoms with van der Waals surface area (Å²) >= 11 is 0. The van der Waals surface area contributed by atoms with E-state index in [-0.39, 0.29) is 11.6 Å². The summed E-state index contributed by atoms with van der Waals surface area (Å²) < 4.78 is 20.3. The summed E-state index contributed by atoms with van der Waals surface area (Å²) in [5.41, 5.74) is 2.88. The molecule has 0 saturated carbocycles. The number of halogens is 1. The number of benzene rings is 3. The van der Waals surface area contributed by atoms with Crippen LogP contribution >= 0.6 is 0 Å². The van der Waals surface area contributed by atoms with Crippen LogP contribution in [0.4, 0.5) is 10.1 Å². The maximum Gasteiger partial charge on any atom is 0.328 e. The van der Waals surface area contributed by atoms with Crippen molar-refractivity contribution >= 4 is 23.6 Å². The summed E-state index contributed by atoms with van der Waals surface area (Å²) in [6, 6.07) is 23.9. The summed E-state index contributed by atoms with van der Waals surface area (Å²) in [6.45, 7) is 0. The molecule has 0 aliphatic carbocycles. The van der Waals surface area contributed by atoms with Gasteiger partial charge in [0.05, 0.1) is 0 Å². The molecule has 158 valence electrons. The normalized spacial score (nSPS) is 10.9. The van der Waals surface area contributed by atoms with Crippen LogP contribution in [0.3, 0.4) is 0 Å². The lowest BCUT2D eigenvalue weighted by Crippen LogP contribution is -2.10. The van der Waals surface area contributed by atoms with Gasteiger partial charge >= 0.3 is 5.97 Å². The average molecular weight is 427 g/mol. The van der Waals surface area contributed by atoms with Crippen molar-refractivity contribution in [2.45, 2.75) is 0 Å². The van der Waals surface area contributed by atoms with Gasteiger partial charge in [0.15, 0.2) is 5.76 Å². The molecule has 1 amide bonds. The van der Waals surface area contributed by atoms with Gasteiger partial charge in [0, 0.05) is 22.9 Å². The fourth-order valence-corrected chi connectivity index (χ4v) is 3.22. The van der Waals surface area contributed by atoms with Crippen molar-refractivity contribution in [1.82, 2.24) is 0 Å². The Kier molecular flexibility index (Phi) is 5.94. The summed E-state index contributed by atoms with van der Waals surface area (Å²) in [6.07, 6.45) is 2.44.